The van der Waals surface area contributed by atoms with Gasteiger partial charge in [-0.2, -0.15) is 4.98 Å². The zero-order valence-corrected chi connectivity index (χ0v) is 12.1. The van der Waals surface area contributed by atoms with Crippen LogP contribution in [-0.2, 0) is 6.42 Å². The van der Waals surface area contributed by atoms with Gasteiger partial charge in [-0.3, -0.25) is 0 Å². The molecule has 1 atom stereocenters. The monoisotopic (exact) mass is 298 g/mol. The molecule has 2 aromatic heterocycles. The third kappa shape index (κ3) is 2.21. The van der Waals surface area contributed by atoms with Crippen molar-refractivity contribution in [3.8, 4) is 11.6 Å². The van der Waals surface area contributed by atoms with E-state index in [0.717, 1.165) is 25.1 Å². The van der Waals surface area contributed by atoms with Gasteiger partial charge in [0.1, 0.15) is 5.69 Å². The summed E-state index contributed by atoms with van der Waals surface area (Å²) in [6, 6.07) is 8.50. The molecule has 0 saturated carbocycles. The maximum Gasteiger partial charge on any atom is 0.277 e. The summed E-state index contributed by atoms with van der Waals surface area (Å²) in [6.07, 6.45) is 3.32. The number of nitrogen functional groups attached to an aromatic ring is 1. The Balaban J connectivity index is 1.71. The molecule has 0 radical (unpaired) electrons. The highest BCUT2D eigenvalue weighted by Crippen LogP contribution is 2.36. The SMILES string of the molecule is Nc1nc(-c2nc(C3CCCc4ccccc43)no2)cs1. The third-order valence-corrected chi connectivity index (χ3v) is 4.54. The van der Waals surface area contributed by atoms with Crippen molar-refractivity contribution in [2.75, 3.05) is 5.73 Å². The summed E-state index contributed by atoms with van der Waals surface area (Å²) >= 11 is 1.37. The van der Waals surface area contributed by atoms with Crippen molar-refractivity contribution >= 4 is 16.5 Å². The first kappa shape index (κ1) is 12.5. The summed E-state index contributed by atoms with van der Waals surface area (Å²) in [4.78, 5) is 8.71. The van der Waals surface area contributed by atoms with Crippen LogP contribution in [0.4, 0.5) is 5.13 Å². The molecule has 2 heterocycles. The number of aromatic nitrogens is 3. The van der Waals surface area contributed by atoms with Crippen LogP contribution >= 0.6 is 11.3 Å². The van der Waals surface area contributed by atoms with Gasteiger partial charge in [-0.15, -0.1) is 11.3 Å². The van der Waals surface area contributed by atoms with Gasteiger partial charge in [0.05, 0.1) is 0 Å². The molecular formula is C15H14N4OS. The quantitative estimate of drug-likeness (QED) is 0.785. The Kier molecular flexibility index (Phi) is 2.96. The van der Waals surface area contributed by atoms with E-state index in [1.165, 1.54) is 22.5 Å². The lowest BCUT2D eigenvalue weighted by atomic mass is 9.82. The summed E-state index contributed by atoms with van der Waals surface area (Å²) in [7, 11) is 0. The molecule has 106 valence electrons. The van der Waals surface area contributed by atoms with Gasteiger partial charge in [-0.1, -0.05) is 29.4 Å². The van der Waals surface area contributed by atoms with Gasteiger partial charge in [0.15, 0.2) is 11.0 Å². The molecule has 5 nitrogen and oxygen atoms in total. The second-order valence-corrected chi connectivity index (χ2v) is 6.06. The molecular weight excluding hydrogens is 284 g/mol. The smallest absolute Gasteiger partial charge is 0.277 e. The van der Waals surface area contributed by atoms with Gasteiger partial charge in [0.2, 0.25) is 0 Å². The van der Waals surface area contributed by atoms with E-state index < -0.39 is 0 Å². The van der Waals surface area contributed by atoms with Crippen LogP contribution in [0.1, 0.15) is 35.7 Å². The maximum absolute atomic E-state index is 5.65. The van der Waals surface area contributed by atoms with Crippen molar-refractivity contribution in [1.29, 1.82) is 0 Å². The van der Waals surface area contributed by atoms with E-state index in [1.54, 1.807) is 0 Å². The van der Waals surface area contributed by atoms with Gasteiger partial charge in [-0.25, -0.2) is 4.98 Å². The van der Waals surface area contributed by atoms with Crippen molar-refractivity contribution in [3.05, 3.63) is 46.6 Å². The predicted octanol–water partition coefficient (Wildman–Crippen LogP) is 3.24. The van der Waals surface area contributed by atoms with Crippen molar-refractivity contribution in [2.24, 2.45) is 0 Å². The summed E-state index contributed by atoms with van der Waals surface area (Å²) in [5, 5.41) is 6.50. The molecule has 0 spiro atoms. The average Bonchev–Trinajstić information content (AvgIpc) is 3.15. The number of nitrogens with two attached hydrogens (primary N) is 1. The van der Waals surface area contributed by atoms with Crippen LogP contribution in [0, 0.1) is 0 Å². The molecule has 1 aliphatic rings. The predicted molar refractivity (Wildman–Crippen MR) is 81.0 cm³/mol. The van der Waals surface area contributed by atoms with Crippen molar-refractivity contribution in [1.82, 2.24) is 15.1 Å². The fourth-order valence-electron chi connectivity index (χ4n) is 2.89. The van der Waals surface area contributed by atoms with E-state index in [-0.39, 0.29) is 5.92 Å². The Morgan fingerprint density at radius 2 is 2.14 bits per heavy atom. The number of rotatable bonds is 2. The summed E-state index contributed by atoms with van der Waals surface area (Å²) in [6.45, 7) is 0. The molecule has 0 aliphatic heterocycles. The number of nitrogens with zero attached hydrogens (tertiary/aromatic N) is 3. The fraction of sp³-hybridized carbons (Fsp3) is 0.267. The van der Waals surface area contributed by atoms with Crippen molar-refractivity contribution < 1.29 is 4.52 Å². The van der Waals surface area contributed by atoms with Crippen LogP contribution in [-0.4, -0.2) is 15.1 Å². The molecule has 21 heavy (non-hydrogen) atoms. The summed E-state index contributed by atoms with van der Waals surface area (Å²) in [5.41, 5.74) is 9.00. The van der Waals surface area contributed by atoms with E-state index in [9.17, 15) is 0 Å². The highest BCUT2D eigenvalue weighted by molar-refractivity contribution is 7.13. The molecule has 1 aliphatic carbocycles. The Labute approximate surface area is 125 Å². The second kappa shape index (κ2) is 4.96. The molecule has 1 unspecified atom stereocenters. The number of fused-ring (bicyclic) bond motifs is 1. The van der Waals surface area contributed by atoms with Crippen LogP contribution in [0.3, 0.4) is 0 Å². The average molecular weight is 298 g/mol. The van der Waals surface area contributed by atoms with Gasteiger partial charge < -0.3 is 10.3 Å². The van der Waals surface area contributed by atoms with Gasteiger partial charge in [0, 0.05) is 11.3 Å². The van der Waals surface area contributed by atoms with Crippen molar-refractivity contribution in [3.63, 3.8) is 0 Å². The van der Waals surface area contributed by atoms with Crippen LogP contribution in [0.25, 0.3) is 11.6 Å². The molecule has 0 fully saturated rings. The zero-order valence-electron chi connectivity index (χ0n) is 11.3. The lowest BCUT2D eigenvalue weighted by Crippen LogP contribution is -2.12. The van der Waals surface area contributed by atoms with E-state index in [2.05, 4.69) is 39.4 Å². The fourth-order valence-corrected chi connectivity index (χ4v) is 3.43. The zero-order chi connectivity index (χ0) is 14.2. The van der Waals surface area contributed by atoms with Gasteiger partial charge in [0.25, 0.3) is 5.89 Å². The van der Waals surface area contributed by atoms with Crippen LogP contribution in [0.5, 0.6) is 0 Å². The number of anilines is 1. The number of hydrogen-bond donors (Lipinski definition) is 1. The molecule has 0 bridgehead atoms. The van der Waals surface area contributed by atoms with Gasteiger partial charge >= 0.3 is 0 Å². The molecule has 2 N–H and O–H groups in total. The minimum atomic E-state index is 0.212. The number of hydrogen-bond acceptors (Lipinski definition) is 6. The number of thiazole rings is 1. The Hall–Kier alpha value is -2.21. The Morgan fingerprint density at radius 3 is 3.00 bits per heavy atom. The first-order valence-corrected chi connectivity index (χ1v) is 7.82. The Bertz CT molecular complexity index is 779. The molecule has 0 saturated heterocycles. The topological polar surface area (TPSA) is 77.8 Å². The molecule has 3 aromatic rings. The van der Waals surface area contributed by atoms with E-state index in [0.29, 0.717) is 16.7 Å². The van der Waals surface area contributed by atoms with E-state index >= 15 is 0 Å². The van der Waals surface area contributed by atoms with Crippen LogP contribution in [0.15, 0.2) is 34.2 Å². The number of benzene rings is 1. The molecule has 6 heteroatoms. The van der Waals surface area contributed by atoms with Crippen molar-refractivity contribution in [2.45, 2.75) is 25.2 Å². The normalized spacial score (nSPS) is 17.6. The molecule has 0 amide bonds. The minimum absolute atomic E-state index is 0.212. The second-order valence-electron chi connectivity index (χ2n) is 5.17. The van der Waals surface area contributed by atoms with Crippen LogP contribution < -0.4 is 5.73 Å². The van der Waals surface area contributed by atoms with Gasteiger partial charge in [-0.05, 0) is 30.4 Å². The maximum atomic E-state index is 5.65. The molecule has 4 rings (SSSR count). The highest BCUT2D eigenvalue weighted by atomic mass is 32.1. The minimum Gasteiger partial charge on any atom is -0.375 e. The van der Waals surface area contributed by atoms with Crippen LogP contribution in [0.2, 0.25) is 0 Å². The standard InChI is InChI=1S/C15H14N4OS/c16-15-17-12(8-21-15)14-18-13(19-20-14)11-7-3-5-9-4-1-2-6-10(9)11/h1-2,4,6,8,11H,3,5,7H2,(H2,16,17). The third-order valence-electron chi connectivity index (χ3n) is 3.86. The first-order valence-electron chi connectivity index (χ1n) is 6.94. The molecule has 1 aromatic carbocycles. The Morgan fingerprint density at radius 1 is 1.24 bits per heavy atom. The lowest BCUT2D eigenvalue weighted by molar-refractivity contribution is 0.414. The largest absolute Gasteiger partial charge is 0.375 e. The lowest BCUT2D eigenvalue weighted by Gasteiger charge is -2.22. The number of aryl methyl sites for hydroxylation is 1. The summed E-state index contributed by atoms with van der Waals surface area (Å²) < 4.78 is 5.36. The van der Waals surface area contributed by atoms with E-state index in [4.69, 9.17) is 10.3 Å². The first-order chi connectivity index (χ1) is 10.3. The summed E-state index contributed by atoms with van der Waals surface area (Å²) in [5.74, 6) is 1.40. The highest BCUT2D eigenvalue weighted by Gasteiger charge is 2.26. The van der Waals surface area contributed by atoms with E-state index in [1.807, 2.05) is 5.38 Å².